The van der Waals surface area contributed by atoms with Crippen LogP contribution in [-0.2, 0) is 0 Å². The third-order valence-corrected chi connectivity index (χ3v) is 3.29. The van der Waals surface area contributed by atoms with E-state index in [0.717, 1.165) is 9.37 Å². The van der Waals surface area contributed by atoms with Crippen molar-refractivity contribution in [3.05, 3.63) is 52.8 Å². The number of aromatic nitrogens is 1. The van der Waals surface area contributed by atoms with Gasteiger partial charge in [-0.15, -0.1) is 0 Å². The number of hydrogen-bond donors (Lipinski definition) is 0. The second kappa shape index (κ2) is 4.81. The van der Waals surface area contributed by atoms with E-state index in [2.05, 4.69) is 58.2 Å². The van der Waals surface area contributed by atoms with Crippen molar-refractivity contribution in [1.29, 1.82) is 0 Å². The van der Waals surface area contributed by atoms with Gasteiger partial charge >= 0.3 is 0 Å². The average Bonchev–Trinajstić information content (AvgIpc) is 2.17. The summed E-state index contributed by atoms with van der Waals surface area (Å²) < 4.78 is 1.01. The van der Waals surface area contributed by atoms with Crippen molar-refractivity contribution in [1.82, 2.24) is 4.98 Å². The van der Waals surface area contributed by atoms with E-state index in [1.807, 2.05) is 6.20 Å². The summed E-state index contributed by atoms with van der Waals surface area (Å²) in [5.74, 6) is 0. The molecule has 1 heterocycles. The maximum absolute atomic E-state index is 4.14. The van der Waals surface area contributed by atoms with Gasteiger partial charge in [-0.05, 0) is 41.1 Å². The summed E-state index contributed by atoms with van der Waals surface area (Å²) in [6, 6.07) is 10.5. The SMILES string of the molecule is Cc1cccc(Sc2cncc(Br)c2)c1. The van der Waals surface area contributed by atoms with Crippen LogP contribution in [-0.4, -0.2) is 4.98 Å². The van der Waals surface area contributed by atoms with Gasteiger partial charge in [-0.1, -0.05) is 29.5 Å². The van der Waals surface area contributed by atoms with Crippen LogP contribution >= 0.6 is 27.7 Å². The fraction of sp³-hybridized carbons (Fsp3) is 0.0833. The predicted molar refractivity (Wildman–Crippen MR) is 67.2 cm³/mol. The van der Waals surface area contributed by atoms with Crippen molar-refractivity contribution < 1.29 is 0 Å². The smallest absolute Gasteiger partial charge is 0.0411 e. The molecular formula is C12H10BrNS. The molecular weight excluding hydrogens is 270 g/mol. The van der Waals surface area contributed by atoms with Crippen LogP contribution in [0.4, 0.5) is 0 Å². The van der Waals surface area contributed by atoms with Crippen LogP contribution in [0, 0.1) is 6.92 Å². The van der Waals surface area contributed by atoms with Gasteiger partial charge in [-0.3, -0.25) is 4.98 Å². The van der Waals surface area contributed by atoms with Gasteiger partial charge in [0.25, 0.3) is 0 Å². The standard InChI is InChI=1S/C12H10BrNS/c1-9-3-2-4-11(5-9)15-12-6-10(13)7-14-8-12/h2-8H,1H3. The number of halogens is 1. The van der Waals surface area contributed by atoms with Crippen molar-refractivity contribution in [2.24, 2.45) is 0 Å². The van der Waals surface area contributed by atoms with Crippen LogP contribution in [0.1, 0.15) is 5.56 Å². The number of hydrogen-bond acceptors (Lipinski definition) is 2. The summed E-state index contributed by atoms with van der Waals surface area (Å²) in [5, 5.41) is 0. The quantitative estimate of drug-likeness (QED) is 0.813. The van der Waals surface area contributed by atoms with Crippen molar-refractivity contribution in [3.63, 3.8) is 0 Å². The predicted octanol–water partition coefficient (Wildman–Crippen LogP) is 4.30. The molecule has 0 saturated carbocycles. The highest BCUT2D eigenvalue weighted by Crippen LogP contribution is 2.28. The molecule has 0 aliphatic rings. The zero-order valence-electron chi connectivity index (χ0n) is 8.27. The minimum absolute atomic E-state index is 1.01. The number of rotatable bonds is 2. The van der Waals surface area contributed by atoms with Crippen molar-refractivity contribution in [3.8, 4) is 0 Å². The molecule has 0 aliphatic heterocycles. The van der Waals surface area contributed by atoms with Crippen LogP contribution in [0.3, 0.4) is 0 Å². The maximum atomic E-state index is 4.14. The highest BCUT2D eigenvalue weighted by atomic mass is 79.9. The molecule has 1 aromatic heterocycles. The Balaban J connectivity index is 2.22. The molecule has 0 amide bonds. The molecule has 0 aliphatic carbocycles. The monoisotopic (exact) mass is 279 g/mol. The Morgan fingerprint density at radius 1 is 1.13 bits per heavy atom. The molecule has 0 atom stereocenters. The molecule has 0 spiro atoms. The van der Waals surface area contributed by atoms with Crippen LogP contribution < -0.4 is 0 Å². The molecule has 1 nitrogen and oxygen atoms in total. The number of aryl methyl sites for hydroxylation is 1. The fourth-order valence-corrected chi connectivity index (χ4v) is 2.74. The van der Waals surface area contributed by atoms with Crippen LogP contribution in [0.5, 0.6) is 0 Å². The van der Waals surface area contributed by atoms with Gasteiger partial charge < -0.3 is 0 Å². The third-order valence-electron chi connectivity index (χ3n) is 1.91. The molecule has 0 N–H and O–H groups in total. The van der Waals surface area contributed by atoms with Crippen molar-refractivity contribution >= 4 is 27.7 Å². The Morgan fingerprint density at radius 2 is 2.00 bits per heavy atom. The fourth-order valence-electron chi connectivity index (χ4n) is 1.26. The molecule has 0 saturated heterocycles. The van der Waals surface area contributed by atoms with E-state index in [0.29, 0.717) is 0 Å². The Kier molecular flexibility index (Phi) is 3.44. The van der Waals surface area contributed by atoms with Crippen molar-refractivity contribution in [2.45, 2.75) is 16.7 Å². The molecule has 0 radical (unpaired) electrons. The minimum Gasteiger partial charge on any atom is -0.262 e. The van der Waals surface area contributed by atoms with Gasteiger partial charge in [0, 0.05) is 26.7 Å². The summed E-state index contributed by atoms with van der Waals surface area (Å²) in [7, 11) is 0. The third kappa shape index (κ3) is 3.08. The molecule has 15 heavy (non-hydrogen) atoms. The van der Waals surface area contributed by atoms with Crippen LogP contribution in [0.2, 0.25) is 0 Å². The van der Waals surface area contributed by atoms with E-state index in [4.69, 9.17) is 0 Å². The lowest BCUT2D eigenvalue weighted by Gasteiger charge is -2.02. The van der Waals surface area contributed by atoms with Gasteiger partial charge in [0.15, 0.2) is 0 Å². The van der Waals surface area contributed by atoms with Gasteiger partial charge in [0.05, 0.1) is 0 Å². The number of pyridine rings is 1. The molecule has 3 heteroatoms. The van der Waals surface area contributed by atoms with Gasteiger partial charge in [-0.25, -0.2) is 0 Å². The molecule has 0 unspecified atom stereocenters. The van der Waals surface area contributed by atoms with Gasteiger partial charge in [-0.2, -0.15) is 0 Å². The maximum Gasteiger partial charge on any atom is 0.0411 e. The Morgan fingerprint density at radius 3 is 2.73 bits per heavy atom. The molecule has 0 fully saturated rings. The Bertz CT molecular complexity index is 427. The summed E-state index contributed by atoms with van der Waals surface area (Å²) in [5.41, 5.74) is 1.28. The zero-order valence-corrected chi connectivity index (χ0v) is 10.7. The molecule has 1 aromatic carbocycles. The van der Waals surface area contributed by atoms with Gasteiger partial charge in [0.2, 0.25) is 0 Å². The second-order valence-corrected chi connectivity index (χ2v) is 5.32. The molecule has 76 valence electrons. The topological polar surface area (TPSA) is 12.9 Å². The molecule has 0 bridgehead atoms. The second-order valence-electron chi connectivity index (χ2n) is 3.26. The molecule has 2 aromatic rings. The van der Waals surface area contributed by atoms with E-state index < -0.39 is 0 Å². The van der Waals surface area contributed by atoms with E-state index in [9.17, 15) is 0 Å². The van der Waals surface area contributed by atoms with Crippen LogP contribution in [0.15, 0.2) is 57.0 Å². The highest BCUT2D eigenvalue weighted by Gasteiger charge is 1.98. The van der Waals surface area contributed by atoms with Gasteiger partial charge in [0.1, 0.15) is 0 Å². The lowest BCUT2D eigenvalue weighted by molar-refractivity contribution is 1.21. The number of benzene rings is 1. The Hall–Kier alpha value is -0.800. The molecule has 2 rings (SSSR count). The largest absolute Gasteiger partial charge is 0.262 e. The lowest BCUT2D eigenvalue weighted by Crippen LogP contribution is -1.78. The first-order chi connectivity index (χ1) is 7.24. The summed E-state index contributed by atoms with van der Waals surface area (Å²) >= 11 is 5.14. The first-order valence-corrected chi connectivity index (χ1v) is 6.20. The Labute approximate surface area is 102 Å². The normalized spacial score (nSPS) is 10.3. The van der Waals surface area contributed by atoms with E-state index in [-0.39, 0.29) is 0 Å². The summed E-state index contributed by atoms with van der Waals surface area (Å²) in [6.07, 6.45) is 3.66. The van der Waals surface area contributed by atoms with E-state index >= 15 is 0 Å². The zero-order chi connectivity index (χ0) is 10.7. The van der Waals surface area contributed by atoms with Crippen LogP contribution in [0.25, 0.3) is 0 Å². The average molecular weight is 280 g/mol. The number of nitrogens with zero attached hydrogens (tertiary/aromatic N) is 1. The van der Waals surface area contributed by atoms with E-state index in [1.54, 1.807) is 18.0 Å². The summed E-state index contributed by atoms with van der Waals surface area (Å²) in [4.78, 5) is 6.53. The van der Waals surface area contributed by atoms with E-state index in [1.165, 1.54) is 10.5 Å². The highest BCUT2D eigenvalue weighted by molar-refractivity contribution is 9.10. The minimum atomic E-state index is 1.01. The van der Waals surface area contributed by atoms with Crippen molar-refractivity contribution in [2.75, 3.05) is 0 Å². The summed E-state index contributed by atoms with van der Waals surface area (Å²) in [6.45, 7) is 2.10. The first kappa shape index (κ1) is 10.7. The lowest BCUT2D eigenvalue weighted by atomic mass is 10.2. The first-order valence-electron chi connectivity index (χ1n) is 4.59.